The highest BCUT2D eigenvalue weighted by Gasteiger charge is 2.07. The molecule has 3 aromatic rings. The number of aromatic nitrogens is 3. The second-order valence-corrected chi connectivity index (χ2v) is 6.85. The van der Waals surface area contributed by atoms with Crippen LogP contribution in [-0.2, 0) is 11.3 Å². The van der Waals surface area contributed by atoms with Crippen LogP contribution < -0.4 is 10.6 Å². The molecule has 0 spiro atoms. The summed E-state index contributed by atoms with van der Waals surface area (Å²) in [5.41, 5.74) is 2.22. The summed E-state index contributed by atoms with van der Waals surface area (Å²) in [6.07, 6.45) is 2.70. The third-order valence-electron chi connectivity index (χ3n) is 4.63. The number of para-hydroxylation sites is 1. The van der Waals surface area contributed by atoms with Gasteiger partial charge in [-0.25, -0.2) is 4.99 Å². The highest BCUT2D eigenvalue weighted by Crippen LogP contribution is 2.15. The Morgan fingerprint density at radius 3 is 2.53 bits per heavy atom. The maximum absolute atomic E-state index is 5.93. The van der Waals surface area contributed by atoms with E-state index in [2.05, 4.69) is 44.9 Å². The molecule has 0 fully saturated rings. The summed E-state index contributed by atoms with van der Waals surface area (Å²) in [6, 6.07) is 20.3. The molecule has 0 aliphatic carbocycles. The maximum Gasteiger partial charge on any atom is 0.191 e. The second kappa shape index (κ2) is 11.7. The number of benzene rings is 2. The zero-order chi connectivity index (χ0) is 21.0. The van der Waals surface area contributed by atoms with Crippen molar-refractivity contribution in [3.05, 3.63) is 78.4 Å². The van der Waals surface area contributed by atoms with E-state index in [-0.39, 0.29) is 6.10 Å². The molecule has 1 unspecified atom stereocenters. The Morgan fingerprint density at radius 2 is 1.80 bits per heavy atom. The fourth-order valence-electron chi connectivity index (χ4n) is 3.02. The molecule has 2 N–H and O–H groups in total. The van der Waals surface area contributed by atoms with Crippen molar-refractivity contribution in [3.8, 4) is 5.69 Å². The lowest BCUT2D eigenvalue weighted by Gasteiger charge is -2.14. The number of nitrogens with one attached hydrogen (secondary N) is 2. The van der Waals surface area contributed by atoms with Crippen molar-refractivity contribution >= 4 is 5.96 Å². The molecule has 2 aromatic carbocycles. The van der Waals surface area contributed by atoms with Crippen molar-refractivity contribution in [2.24, 2.45) is 4.99 Å². The van der Waals surface area contributed by atoms with Crippen molar-refractivity contribution in [1.82, 2.24) is 25.4 Å². The Hall–Kier alpha value is -3.19. The van der Waals surface area contributed by atoms with Gasteiger partial charge in [-0.1, -0.05) is 48.5 Å². The fraction of sp³-hybridized carbons (Fsp3) is 0.348. The van der Waals surface area contributed by atoms with Gasteiger partial charge in [0.2, 0.25) is 0 Å². The summed E-state index contributed by atoms with van der Waals surface area (Å²) in [5.74, 6) is 1.55. The molecule has 0 saturated carbocycles. The zero-order valence-corrected chi connectivity index (χ0v) is 17.7. The first-order valence-corrected chi connectivity index (χ1v) is 10.4. The lowest BCUT2D eigenvalue weighted by molar-refractivity contribution is 0.0646. The second-order valence-electron chi connectivity index (χ2n) is 6.85. The van der Waals surface area contributed by atoms with Gasteiger partial charge in [-0.3, -0.25) is 4.57 Å². The highest BCUT2D eigenvalue weighted by molar-refractivity contribution is 5.79. The molecule has 1 heterocycles. The van der Waals surface area contributed by atoms with Crippen molar-refractivity contribution < 1.29 is 4.74 Å². The number of guanidine groups is 1. The Bertz CT molecular complexity index is 894. The van der Waals surface area contributed by atoms with Gasteiger partial charge < -0.3 is 15.4 Å². The van der Waals surface area contributed by atoms with Crippen LogP contribution in [0.25, 0.3) is 5.69 Å². The summed E-state index contributed by atoms with van der Waals surface area (Å²) in [4.78, 5) is 4.65. The number of hydrogen-bond donors (Lipinski definition) is 2. The van der Waals surface area contributed by atoms with Gasteiger partial charge in [0.25, 0.3) is 0 Å². The van der Waals surface area contributed by atoms with Crippen LogP contribution in [-0.4, -0.2) is 40.4 Å². The minimum atomic E-state index is 0.0949. The highest BCUT2D eigenvalue weighted by atomic mass is 16.5. The third-order valence-corrected chi connectivity index (χ3v) is 4.63. The molecular formula is C23H30N6O. The standard InChI is InChI=1S/C23H30N6O/c1-3-24-23(25-15-10-16-30-19(2)20-11-6-4-7-12-20)26-17-22-28-27-18-29(22)21-13-8-5-9-14-21/h4-9,11-14,18-19H,3,10,15-17H2,1-2H3,(H2,24,25,26). The van der Waals surface area contributed by atoms with Crippen LogP contribution in [0, 0.1) is 0 Å². The molecule has 3 rings (SSSR count). The van der Waals surface area contributed by atoms with Gasteiger partial charge in [-0.2, -0.15) is 0 Å². The van der Waals surface area contributed by atoms with Crippen LogP contribution in [0.4, 0.5) is 0 Å². The Balaban J connectivity index is 1.47. The smallest absolute Gasteiger partial charge is 0.191 e. The van der Waals surface area contributed by atoms with Gasteiger partial charge in [0.1, 0.15) is 12.9 Å². The lowest BCUT2D eigenvalue weighted by Crippen LogP contribution is -2.38. The van der Waals surface area contributed by atoms with Crippen molar-refractivity contribution in [2.45, 2.75) is 32.9 Å². The van der Waals surface area contributed by atoms with Crippen LogP contribution in [0.3, 0.4) is 0 Å². The van der Waals surface area contributed by atoms with Crippen LogP contribution in [0.5, 0.6) is 0 Å². The molecule has 158 valence electrons. The molecule has 0 saturated heterocycles. The molecule has 7 heteroatoms. The number of rotatable bonds is 10. The minimum absolute atomic E-state index is 0.0949. The minimum Gasteiger partial charge on any atom is -0.374 e. The van der Waals surface area contributed by atoms with Crippen molar-refractivity contribution in [2.75, 3.05) is 19.7 Å². The quantitative estimate of drug-likeness (QED) is 0.306. The number of aliphatic imine (C=N–C) groups is 1. The molecule has 7 nitrogen and oxygen atoms in total. The van der Waals surface area contributed by atoms with Gasteiger partial charge in [-0.15, -0.1) is 10.2 Å². The summed E-state index contributed by atoms with van der Waals surface area (Å²) < 4.78 is 7.88. The van der Waals surface area contributed by atoms with E-state index in [1.807, 2.05) is 60.0 Å². The molecule has 1 aromatic heterocycles. The van der Waals surface area contributed by atoms with E-state index in [1.165, 1.54) is 5.56 Å². The van der Waals surface area contributed by atoms with Crippen molar-refractivity contribution in [3.63, 3.8) is 0 Å². The summed E-state index contributed by atoms with van der Waals surface area (Å²) in [7, 11) is 0. The van der Waals surface area contributed by atoms with E-state index < -0.39 is 0 Å². The van der Waals surface area contributed by atoms with Crippen LogP contribution in [0.2, 0.25) is 0 Å². The Labute approximate surface area is 178 Å². The summed E-state index contributed by atoms with van der Waals surface area (Å²) in [5, 5.41) is 14.9. The number of nitrogens with zero attached hydrogens (tertiary/aromatic N) is 4. The van der Waals surface area contributed by atoms with Crippen LogP contribution in [0.1, 0.15) is 37.8 Å². The largest absolute Gasteiger partial charge is 0.374 e. The predicted molar refractivity (Wildman–Crippen MR) is 120 cm³/mol. The predicted octanol–water partition coefficient (Wildman–Crippen LogP) is 3.49. The first kappa shape index (κ1) is 21.5. The number of ether oxygens (including phenoxy) is 1. The molecule has 0 aliphatic heterocycles. The molecule has 0 aliphatic rings. The fourth-order valence-corrected chi connectivity index (χ4v) is 3.02. The molecule has 1 atom stereocenters. The Kier molecular flexibility index (Phi) is 8.41. The Morgan fingerprint density at radius 1 is 1.07 bits per heavy atom. The van der Waals surface area contributed by atoms with E-state index in [9.17, 15) is 0 Å². The SMILES string of the molecule is CCNC(=NCc1nncn1-c1ccccc1)NCCCOC(C)c1ccccc1. The molecule has 0 amide bonds. The lowest BCUT2D eigenvalue weighted by atomic mass is 10.1. The zero-order valence-electron chi connectivity index (χ0n) is 17.7. The molecule has 0 bridgehead atoms. The first-order chi connectivity index (χ1) is 14.8. The molecular weight excluding hydrogens is 376 g/mol. The van der Waals surface area contributed by atoms with E-state index in [0.29, 0.717) is 13.2 Å². The first-order valence-electron chi connectivity index (χ1n) is 10.4. The van der Waals surface area contributed by atoms with E-state index in [0.717, 1.165) is 37.0 Å². The summed E-state index contributed by atoms with van der Waals surface area (Å²) in [6.45, 7) is 6.82. The average Bonchev–Trinajstić information content (AvgIpc) is 3.27. The normalized spacial score (nSPS) is 12.5. The van der Waals surface area contributed by atoms with Crippen LogP contribution in [0.15, 0.2) is 72.0 Å². The van der Waals surface area contributed by atoms with Crippen LogP contribution >= 0.6 is 0 Å². The van der Waals surface area contributed by atoms with Gasteiger partial charge >= 0.3 is 0 Å². The van der Waals surface area contributed by atoms with Gasteiger partial charge in [0.05, 0.1) is 6.10 Å². The molecule has 0 radical (unpaired) electrons. The monoisotopic (exact) mass is 406 g/mol. The average molecular weight is 407 g/mol. The molecule has 30 heavy (non-hydrogen) atoms. The van der Waals surface area contributed by atoms with Gasteiger partial charge in [-0.05, 0) is 38.0 Å². The third kappa shape index (κ3) is 6.42. The topological polar surface area (TPSA) is 76.4 Å². The van der Waals surface area contributed by atoms with E-state index in [4.69, 9.17) is 4.74 Å². The maximum atomic E-state index is 5.93. The number of hydrogen-bond acceptors (Lipinski definition) is 4. The summed E-state index contributed by atoms with van der Waals surface area (Å²) >= 11 is 0. The van der Waals surface area contributed by atoms with Gasteiger partial charge in [0.15, 0.2) is 11.8 Å². The van der Waals surface area contributed by atoms with E-state index >= 15 is 0 Å². The van der Waals surface area contributed by atoms with E-state index in [1.54, 1.807) is 6.33 Å². The van der Waals surface area contributed by atoms with Gasteiger partial charge in [0, 0.05) is 25.4 Å². The van der Waals surface area contributed by atoms with Crippen molar-refractivity contribution in [1.29, 1.82) is 0 Å².